The Balaban J connectivity index is 1.75. The fourth-order valence-electron chi connectivity index (χ4n) is 3.22. The molecular weight excluding hydrogens is 242 g/mol. The molecule has 2 N–H and O–H groups in total. The molecule has 2 atom stereocenters. The number of likely N-dealkylation sites (tertiary alicyclic amines) is 2. The minimum atomic E-state index is -0.104. The lowest BCUT2D eigenvalue weighted by Gasteiger charge is -2.34. The summed E-state index contributed by atoms with van der Waals surface area (Å²) < 4.78 is 4.79. The van der Waals surface area contributed by atoms with Crippen molar-refractivity contribution >= 4 is 5.97 Å². The van der Waals surface area contributed by atoms with Gasteiger partial charge in [0.2, 0.25) is 0 Å². The molecule has 5 nitrogen and oxygen atoms in total. The second-order valence-corrected chi connectivity index (χ2v) is 6.00. The van der Waals surface area contributed by atoms with E-state index < -0.39 is 0 Å². The number of esters is 1. The van der Waals surface area contributed by atoms with Gasteiger partial charge >= 0.3 is 5.97 Å². The molecule has 0 aromatic carbocycles. The molecule has 0 bridgehead atoms. The first-order valence-corrected chi connectivity index (χ1v) is 7.40. The molecule has 0 amide bonds. The lowest BCUT2D eigenvalue weighted by Crippen LogP contribution is -2.46. The van der Waals surface area contributed by atoms with Gasteiger partial charge in [-0.2, -0.15) is 0 Å². The Hall–Kier alpha value is -0.650. The van der Waals surface area contributed by atoms with Crippen molar-refractivity contribution in [3.05, 3.63) is 0 Å². The van der Waals surface area contributed by atoms with E-state index in [1.807, 2.05) is 6.92 Å². The highest BCUT2D eigenvalue weighted by Crippen LogP contribution is 2.20. The van der Waals surface area contributed by atoms with Crippen LogP contribution in [0.5, 0.6) is 0 Å². The summed E-state index contributed by atoms with van der Waals surface area (Å²) in [7, 11) is 1.46. The largest absolute Gasteiger partial charge is 0.469 e. The fourth-order valence-corrected chi connectivity index (χ4v) is 3.22. The first-order chi connectivity index (χ1) is 9.10. The number of hydrogen-bond donors (Lipinski definition) is 1. The van der Waals surface area contributed by atoms with E-state index in [2.05, 4.69) is 9.80 Å². The van der Waals surface area contributed by atoms with Crippen LogP contribution in [0.15, 0.2) is 0 Å². The van der Waals surface area contributed by atoms with Crippen LogP contribution in [0.1, 0.15) is 26.2 Å². The zero-order valence-corrected chi connectivity index (χ0v) is 12.2. The van der Waals surface area contributed by atoms with Gasteiger partial charge in [0.1, 0.15) is 0 Å². The average Bonchev–Trinajstić information content (AvgIpc) is 2.87. The first-order valence-electron chi connectivity index (χ1n) is 7.40. The Morgan fingerprint density at radius 2 is 2.00 bits per heavy atom. The minimum Gasteiger partial charge on any atom is -0.469 e. The maximum Gasteiger partial charge on any atom is 0.309 e. The van der Waals surface area contributed by atoms with E-state index in [-0.39, 0.29) is 11.9 Å². The average molecular weight is 269 g/mol. The second-order valence-electron chi connectivity index (χ2n) is 6.00. The van der Waals surface area contributed by atoms with Crippen LogP contribution in [0.4, 0.5) is 0 Å². The van der Waals surface area contributed by atoms with E-state index in [1.165, 1.54) is 13.5 Å². The Kier molecular flexibility index (Phi) is 5.19. The van der Waals surface area contributed by atoms with Crippen LogP contribution in [-0.4, -0.2) is 67.7 Å². The van der Waals surface area contributed by atoms with Gasteiger partial charge in [0, 0.05) is 25.2 Å². The van der Waals surface area contributed by atoms with Crippen molar-refractivity contribution in [2.75, 3.05) is 39.8 Å². The fraction of sp³-hybridized carbons (Fsp3) is 0.929. The minimum absolute atomic E-state index is 0.0291. The predicted molar refractivity (Wildman–Crippen MR) is 74.8 cm³/mol. The van der Waals surface area contributed by atoms with Crippen LogP contribution in [-0.2, 0) is 9.53 Å². The number of carbonyl (C=O) groups excluding carboxylic acids is 1. The SMILES string of the molecule is COC(=O)C(C)CN1CCC(N2CCC(N)CC2)C1. The number of rotatable bonds is 4. The topological polar surface area (TPSA) is 58.8 Å². The van der Waals surface area contributed by atoms with Crippen LogP contribution < -0.4 is 5.73 Å². The summed E-state index contributed by atoms with van der Waals surface area (Å²) in [5.74, 6) is -0.133. The van der Waals surface area contributed by atoms with Gasteiger partial charge in [-0.3, -0.25) is 9.69 Å². The molecule has 2 rings (SSSR count). The number of hydrogen-bond acceptors (Lipinski definition) is 5. The molecule has 2 aliphatic heterocycles. The van der Waals surface area contributed by atoms with Crippen LogP contribution in [0, 0.1) is 5.92 Å². The summed E-state index contributed by atoms with van der Waals surface area (Å²) >= 11 is 0. The van der Waals surface area contributed by atoms with Crippen LogP contribution >= 0.6 is 0 Å². The van der Waals surface area contributed by atoms with Crippen LogP contribution in [0.2, 0.25) is 0 Å². The summed E-state index contributed by atoms with van der Waals surface area (Å²) in [4.78, 5) is 16.4. The maximum absolute atomic E-state index is 11.4. The maximum atomic E-state index is 11.4. The zero-order chi connectivity index (χ0) is 13.8. The van der Waals surface area contributed by atoms with E-state index in [4.69, 9.17) is 10.5 Å². The molecule has 0 radical (unpaired) electrons. The molecule has 0 aromatic rings. The van der Waals surface area contributed by atoms with Crippen molar-refractivity contribution in [3.8, 4) is 0 Å². The smallest absolute Gasteiger partial charge is 0.309 e. The van der Waals surface area contributed by atoms with Crippen molar-refractivity contribution in [2.24, 2.45) is 11.7 Å². The molecule has 2 heterocycles. The summed E-state index contributed by atoms with van der Waals surface area (Å²) in [6.45, 7) is 7.19. The van der Waals surface area contributed by atoms with E-state index >= 15 is 0 Å². The quantitative estimate of drug-likeness (QED) is 0.744. The molecule has 19 heavy (non-hydrogen) atoms. The monoisotopic (exact) mass is 269 g/mol. The van der Waals surface area contributed by atoms with Crippen molar-refractivity contribution in [3.63, 3.8) is 0 Å². The Morgan fingerprint density at radius 3 is 2.63 bits per heavy atom. The number of ether oxygens (including phenoxy) is 1. The highest BCUT2D eigenvalue weighted by molar-refractivity contribution is 5.72. The van der Waals surface area contributed by atoms with Gasteiger partial charge in [-0.25, -0.2) is 0 Å². The molecule has 2 fully saturated rings. The van der Waals surface area contributed by atoms with Crippen molar-refractivity contribution in [2.45, 2.75) is 38.3 Å². The van der Waals surface area contributed by atoms with Crippen molar-refractivity contribution in [1.29, 1.82) is 0 Å². The summed E-state index contributed by atoms with van der Waals surface area (Å²) in [6.07, 6.45) is 3.45. The van der Waals surface area contributed by atoms with E-state index in [0.29, 0.717) is 12.1 Å². The van der Waals surface area contributed by atoms with E-state index in [9.17, 15) is 4.79 Å². The Bertz CT molecular complexity index is 303. The lowest BCUT2D eigenvalue weighted by molar-refractivity contribution is -0.145. The molecule has 2 unspecified atom stereocenters. The third-order valence-electron chi connectivity index (χ3n) is 4.47. The summed E-state index contributed by atoms with van der Waals surface area (Å²) in [5.41, 5.74) is 5.95. The van der Waals surface area contributed by atoms with Gasteiger partial charge in [-0.1, -0.05) is 6.92 Å². The van der Waals surface area contributed by atoms with Crippen LogP contribution in [0.3, 0.4) is 0 Å². The van der Waals surface area contributed by atoms with E-state index in [1.54, 1.807) is 0 Å². The number of piperidine rings is 1. The van der Waals surface area contributed by atoms with Crippen molar-refractivity contribution < 1.29 is 9.53 Å². The molecule has 2 aliphatic rings. The number of carbonyl (C=O) groups is 1. The van der Waals surface area contributed by atoms with Gasteiger partial charge in [0.15, 0.2) is 0 Å². The third-order valence-corrected chi connectivity index (χ3v) is 4.47. The molecule has 0 aromatic heterocycles. The first kappa shape index (κ1) is 14.8. The summed E-state index contributed by atoms with van der Waals surface area (Å²) in [5, 5.41) is 0. The third kappa shape index (κ3) is 3.91. The second kappa shape index (κ2) is 6.68. The van der Waals surface area contributed by atoms with Gasteiger partial charge < -0.3 is 15.4 Å². The predicted octanol–water partition coefficient (Wildman–Crippen LogP) is 0.293. The standard InChI is InChI=1S/C14H27N3O2/c1-11(14(18)19-2)9-16-6-5-13(10-16)17-7-3-12(15)4-8-17/h11-13H,3-10,15H2,1-2H3. The lowest BCUT2D eigenvalue weighted by atomic mass is 10.0. The number of nitrogens with two attached hydrogens (primary N) is 1. The number of methoxy groups -OCH3 is 1. The Labute approximate surface area is 116 Å². The highest BCUT2D eigenvalue weighted by Gasteiger charge is 2.31. The normalized spacial score (nSPS) is 28.5. The molecule has 0 saturated carbocycles. The summed E-state index contributed by atoms with van der Waals surface area (Å²) in [6, 6.07) is 1.05. The molecule has 0 spiro atoms. The Morgan fingerprint density at radius 1 is 1.32 bits per heavy atom. The van der Waals surface area contributed by atoms with E-state index in [0.717, 1.165) is 45.6 Å². The molecule has 5 heteroatoms. The molecule has 110 valence electrons. The molecular formula is C14H27N3O2. The zero-order valence-electron chi connectivity index (χ0n) is 12.2. The van der Waals surface area contributed by atoms with Crippen molar-refractivity contribution in [1.82, 2.24) is 9.80 Å². The number of nitrogens with zero attached hydrogens (tertiary/aromatic N) is 2. The van der Waals surface area contributed by atoms with Gasteiger partial charge in [-0.15, -0.1) is 0 Å². The molecule has 2 saturated heterocycles. The van der Waals surface area contributed by atoms with Crippen LogP contribution in [0.25, 0.3) is 0 Å². The van der Waals surface area contributed by atoms with Gasteiger partial charge in [-0.05, 0) is 38.9 Å². The van der Waals surface area contributed by atoms with Gasteiger partial charge in [0.25, 0.3) is 0 Å². The molecule has 0 aliphatic carbocycles. The highest BCUT2D eigenvalue weighted by atomic mass is 16.5. The van der Waals surface area contributed by atoms with Gasteiger partial charge in [0.05, 0.1) is 13.0 Å².